The number of hydrogen-bond donors (Lipinski definition) is 0. The second kappa shape index (κ2) is 20.0. The van der Waals surface area contributed by atoms with E-state index in [0.717, 1.165) is 84.6 Å². The average molecular weight is 561 g/mol. The molecule has 4 rings (SSSR count). The molecule has 0 bridgehead atoms. The van der Waals surface area contributed by atoms with Crippen LogP contribution in [0.15, 0.2) is 24.3 Å². The molecule has 3 fully saturated rings. The van der Waals surface area contributed by atoms with Gasteiger partial charge in [0.25, 0.3) is 0 Å². The van der Waals surface area contributed by atoms with Crippen molar-refractivity contribution in [3.8, 4) is 0 Å². The van der Waals surface area contributed by atoms with Crippen molar-refractivity contribution in [2.75, 3.05) is 39.6 Å². The molecule has 0 N–H and O–H groups in total. The van der Waals surface area contributed by atoms with Crippen LogP contribution in [0.3, 0.4) is 0 Å². The van der Waals surface area contributed by atoms with Crippen LogP contribution in [0, 0.1) is 0 Å². The summed E-state index contributed by atoms with van der Waals surface area (Å²) in [5.74, 6) is 0.671. The molecule has 2 unspecified atom stereocenters. The van der Waals surface area contributed by atoms with Gasteiger partial charge in [-0.25, -0.2) is 0 Å². The molecule has 6 heteroatoms. The molecule has 0 aromatic heterocycles. The van der Waals surface area contributed by atoms with Crippen molar-refractivity contribution in [2.45, 2.75) is 140 Å². The summed E-state index contributed by atoms with van der Waals surface area (Å²) in [6, 6.07) is 9.14. The maximum absolute atomic E-state index is 6.22. The highest BCUT2D eigenvalue weighted by molar-refractivity contribution is 5.25. The minimum Gasteiger partial charge on any atom is -0.378 e. The molecule has 228 valence electrons. The molecule has 3 aliphatic rings. The molecular formula is C34H56O6. The van der Waals surface area contributed by atoms with Crippen molar-refractivity contribution in [3.63, 3.8) is 0 Å². The first kappa shape index (κ1) is 31.9. The van der Waals surface area contributed by atoms with Gasteiger partial charge >= 0.3 is 0 Å². The Bertz CT molecular complexity index is 735. The summed E-state index contributed by atoms with van der Waals surface area (Å²) in [6.07, 6.45) is 20.3. The standard InChI is InChI=1S/C34H56O6/c1(2-8-24-37-33-12-4-10-26-39-33)7-23-36-32-20-18-31(19-21-32)30-16-14-29(15-17-30)28-35-22-6-3-9-25-38-34-13-5-11-27-40-34/h14-17,31-34H,1-13,18-28H2/t31-,32-,33?,34?. The Kier molecular flexibility index (Phi) is 15.9. The van der Waals surface area contributed by atoms with E-state index in [1.807, 2.05) is 0 Å². The molecule has 2 heterocycles. The Morgan fingerprint density at radius 3 is 1.68 bits per heavy atom. The number of unbranched alkanes of at least 4 members (excludes halogenated alkanes) is 5. The lowest BCUT2D eigenvalue weighted by molar-refractivity contribution is -0.163. The Hall–Kier alpha value is -1.02. The van der Waals surface area contributed by atoms with E-state index in [0.29, 0.717) is 18.6 Å². The smallest absolute Gasteiger partial charge is 0.157 e. The molecule has 1 saturated carbocycles. The average Bonchev–Trinajstić information content (AvgIpc) is 3.01. The van der Waals surface area contributed by atoms with Crippen LogP contribution >= 0.6 is 0 Å². The number of rotatable bonds is 19. The van der Waals surface area contributed by atoms with Crippen LogP contribution in [0.25, 0.3) is 0 Å². The first-order valence-corrected chi connectivity index (χ1v) is 16.6. The summed E-state index contributed by atoms with van der Waals surface area (Å²) in [5.41, 5.74) is 2.75. The Balaban J connectivity index is 0.949. The molecule has 0 radical (unpaired) electrons. The summed E-state index contributed by atoms with van der Waals surface area (Å²) >= 11 is 0. The second-order valence-corrected chi connectivity index (χ2v) is 11.9. The van der Waals surface area contributed by atoms with Gasteiger partial charge in [0.05, 0.1) is 12.7 Å². The number of hydrogen-bond acceptors (Lipinski definition) is 6. The van der Waals surface area contributed by atoms with Crippen molar-refractivity contribution >= 4 is 0 Å². The van der Waals surface area contributed by atoms with Gasteiger partial charge in [-0.2, -0.15) is 0 Å². The summed E-state index contributed by atoms with van der Waals surface area (Å²) < 4.78 is 35.0. The van der Waals surface area contributed by atoms with E-state index in [1.54, 1.807) is 0 Å². The third-order valence-corrected chi connectivity index (χ3v) is 8.60. The molecule has 1 aromatic rings. The zero-order valence-electron chi connectivity index (χ0n) is 25.0. The molecule has 1 aromatic carbocycles. The number of ether oxygens (including phenoxy) is 6. The van der Waals surface area contributed by atoms with Crippen molar-refractivity contribution in [3.05, 3.63) is 35.4 Å². The minimum absolute atomic E-state index is 0.0368. The van der Waals surface area contributed by atoms with E-state index in [1.165, 1.54) is 75.3 Å². The van der Waals surface area contributed by atoms with Gasteiger partial charge in [-0.15, -0.1) is 0 Å². The maximum atomic E-state index is 6.22. The predicted octanol–water partition coefficient (Wildman–Crippen LogP) is 8.06. The van der Waals surface area contributed by atoms with Gasteiger partial charge in [-0.05, 0) is 113 Å². The van der Waals surface area contributed by atoms with Crippen LogP contribution in [0.5, 0.6) is 0 Å². The van der Waals surface area contributed by atoms with Crippen LogP contribution < -0.4 is 0 Å². The zero-order valence-corrected chi connectivity index (χ0v) is 25.0. The van der Waals surface area contributed by atoms with Crippen LogP contribution in [0.1, 0.15) is 126 Å². The quantitative estimate of drug-likeness (QED) is 0.160. The highest BCUT2D eigenvalue weighted by Crippen LogP contribution is 2.34. The molecule has 2 atom stereocenters. The van der Waals surface area contributed by atoms with E-state index < -0.39 is 0 Å². The summed E-state index contributed by atoms with van der Waals surface area (Å²) in [7, 11) is 0. The normalized spacial score (nSPS) is 25.7. The molecule has 1 aliphatic carbocycles. The monoisotopic (exact) mass is 560 g/mol. The maximum Gasteiger partial charge on any atom is 0.157 e. The lowest BCUT2D eigenvalue weighted by atomic mass is 9.82. The van der Waals surface area contributed by atoms with Crippen LogP contribution in [0.4, 0.5) is 0 Å². The molecule has 2 aliphatic heterocycles. The summed E-state index contributed by atoms with van der Waals surface area (Å²) in [6.45, 7) is 5.76. The van der Waals surface area contributed by atoms with E-state index in [2.05, 4.69) is 24.3 Å². The second-order valence-electron chi connectivity index (χ2n) is 11.9. The minimum atomic E-state index is 0.0368. The van der Waals surface area contributed by atoms with E-state index in [9.17, 15) is 0 Å². The van der Waals surface area contributed by atoms with Gasteiger partial charge < -0.3 is 28.4 Å². The van der Waals surface area contributed by atoms with Crippen molar-refractivity contribution < 1.29 is 28.4 Å². The van der Waals surface area contributed by atoms with Gasteiger partial charge in [0, 0.05) is 39.6 Å². The highest BCUT2D eigenvalue weighted by Gasteiger charge is 2.22. The predicted molar refractivity (Wildman–Crippen MR) is 158 cm³/mol. The first-order chi connectivity index (χ1) is 19.9. The third kappa shape index (κ3) is 12.9. The van der Waals surface area contributed by atoms with Gasteiger partial charge in [0.15, 0.2) is 12.6 Å². The largest absolute Gasteiger partial charge is 0.378 e. The van der Waals surface area contributed by atoms with Gasteiger partial charge in [0.1, 0.15) is 0 Å². The molecule has 0 amide bonds. The first-order valence-electron chi connectivity index (χ1n) is 16.6. The lowest BCUT2D eigenvalue weighted by Gasteiger charge is -2.29. The highest BCUT2D eigenvalue weighted by atomic mass is 16.7. The SMILES string of the molecule is c1cc([C@H]2CC[C@H](OCCCCCCOC3CCCCO3)CC2)ccc1COCCCCCOC1CCCCO1. The van der Waals surface area contributed by atoms with Gasteiger partial charge in [-0.1, -0.05) is 37.1 Å². The topological polar surface area (TPSA) is 55.4 Å². The van der Waals surface area contributed by atoms with Gasteiger partial charge in [-0.3, -0.25) is 0 Å². The van der Waals surface area contributed by atoms with Crippen molar-refractivity contribution in [1.29, 1.82) is 0 Å². The van der Waals surface area contributed by atoms with E-state index in [-0.39, 0.29) is 12.6 Å². The van der Waals surface area contributed by atoms with Crippen molar-refractivity contribution in [2.24, 2.45) is 0 Å². The van der Waals surface area contributed by atoms with Crippen LogP contribution in [-0.2, 0) is 35.0 Å². The van der Waals surface area contributed by atoms with Crippen molar-refractivity contribution in [1.82, 2.24) is 0 Å². The Labute approximate surface area is 243 Å². The summed E-state index contributed by atoms with van der Waals surface area (Å²) in [5, 5.41) is 0. The zero-order chi connectivity index (χ0) is 27.5. The number of benzene rings is 1. The fourth-order valence-corrected chi connectivity index (χ4v) is 6.04. The summed E-state index contributed by atoms with van der Waals surface area (Å²) in [4.78, 5) is 0. The van der Waals surface area contributed by atoms with E-state index >= 15 is 0 Å². The Morgan fingerprint density at radius 2 is 1.10 bits per heavy atom. The van der Waals surface area contributed by atoms with E-state index in [4.69, 9.17) is 28.4 Å². The van der Waals surface area contributed by atoms with Crippen LogP contribution in [0.2, 0.25) is 0 Å². The van der Waals surface area contributed by atoms with Crippen LogP contribution in [-0.4, -0.2) is 58.3 Å². The molecule has 0 spiro atoms. The third-order valence-electron chi connectivity index (χ3n) is 8.60. The van der Waals surface area contributed by atoms with Gasteiger partial charge in [0.2, 0.25) is 0 Å². The fraction of sp³-hybridized carbons (Fsp3) is 0.824. The molecular weight excluding hydrogens is 504 g/mol. The lowest BCUT2D eigenvalue weighted by Crippen LogP contribution is -2.22. The fourth-order valence-electron chi connectivity index (χ4n) is 6.04. The molecule has 40 heavy (non-hydrogen) atoms. The molecule has 2 saturated heterocycles. The Morgan fingerprint density at radius 1 is 0.550 bits per heavy atom. The molecule has 6 nitrogen and oxygen atoms in total.